The Morgan fingerprint density at radius 3 is 2.76 bits per heavy atom. The summed E-state index contributed by atoms with van der Waals surface area (Å²) in [7, 11) is 0. The fourth-order valence-electron chi connectivity index (χ4n) is 2.47. The highest BCUT2D eigenvalue weighted by Gasteiger charge is 2.49. The molecule has 0 unspecified atom stereocenters. The first-order valence-corrected chi connectivity index (χ1v) is 6.45. The molecule has 1 atom stereocenters. The van der Waals surface area contributed by atoms with Crippen molar-refractivity contribution < 1.29 is 23.9 Å². The number of amides is 3. The van der Waals surface area contributed by atoms with Crippen LogP contribution in [0.25, 0.3) is 0 Å². The van der Waals surface area contributed by atoms with Crippen molar-refractivity contribution in [1.82, 2.24) is 10.2 Å². The van der Waals surface area contributed by atoms with Gasteiger partial charge < -0.3 is 14.8 Å². The van der Waals surface area contributed by atoms with Crippen LogP contribution in [0.5, 0.6) is 11.5 Å². The predicted octanol–water partition coefficient (Wildman–Crippen LogP) is 0.771. The van der Waals surface area contributed by atoms with Crippen molar-refractivity contribution in [1.29, 1.82) is 0 Å². The van der Waals surface area contributed by atoms with Gasteiger partial charge in [0.05, 0.1) is 6.54 Å². The molecule has 0 bridgehead atoms. The third-order valence-corrected chi connectivity index (χ3v) is 3.61. The number of ether oxygens (including phenoxy) is 2. The Bertz CT molecular complexity index is 657. The van der Waals surface area contributed by atoms with E-state index in [-0.39, 0.29) is 19.1 Å². The Kier molecular flexibility index (Phi) is 2.86. The highest BCUT2D eigenvalue weighted by molar-refractivity contribution is 6.09. The Morgan fingerprint density at radius 1 is 1.33 bits per heavy atom. The van der Waals surface area contributed by atoms with Gasteiger partial charge in [0, 0.05) is 0 Å². The summed E-state index contributed by atoms with van der Waals surface area (Å²) in [6.07, 6.45) is 0. The zero-order valence-electron chi connectivity index (χ0n) is 11.6. The minimum absolute atomic E-state index is 0.131. The third-order valence-electron chi connectivity index (χ3n) is 3.61. The number of fused-ring (bicyclic) bond motifs is 1. The molecule has 3 amide bonds. The van der Waals surface area contributed by atoms with E-state index in [9.17, 15) is 14.4 Å². The maximum atomic E-state index is 12.5. The van der Waals surface area contributed by atoms with Gasteiger partial charge in [0.15, 0.2) is 11.5 Å². The summed E-state index contributed by atoms with van der Waals surface area (Å²) < 4.78 is 10.5. The Balaban J connectivity index is 1.96. The molecule has 1 aromatic rings. The monoisotopic (exact) mass is 290 g/mol. The van der Waals surface area contributed by atoms with E-state index in [0.29, 0.717) is 17.1 Å². The topological polar surface area (TPSA) is 84.9 Å². The first-order valence-electron chi connectivity index (χ1n) is 6.45. The first-order chi connectivity index (χ1) is 9.91. The average Bonchev–Trinajstić information content (AvgIpc) is 2.97. The minimum Gasteiger partial charge on any atom is -0.454 e. The Labute approximate surface area is 120 Å². The molecule has 2 aliphatic heterocycles. The molecule has 2 heterocycles. The lowest BCUT2D eigenvalue weighted by Crippen LogP contribution is -2.41. The van der Waals surface area contributed by atoms with Crippen LogP contribution >= 0.6 is 0 Å². The molecule has 21 heavy (non-hydrogen) atoms. The van der Waals surface area contributed by atoms with Crippen molar-refractivity contribution >= 4 is 17.7 Å². The van der Waals surface area contributed by atoms with Gasteiger partial charge in [-0.3, -0.25) is 14.5 Å². The maximum absolute atomic E-state index is 12.5. The van der Waals surface area contributed by atoms with Crippen LogP contribution in [0.3, 0.4) is 0 Å². The molecule has 110 valence electrons. The fraction of sp³-hybridized carbons (Fsp3) is 0.357. The molecular formula is C14H14N2O5. The van der Waals surface area contributed by atoms with Crippen molar-refractivity contribution in [2.45, 2.75) is 19.4 Å². The molecule has 2 aliphatic rings. The molecule has 1 fully saturated rings. The Morgan fingerprint density at radius 2 is 2.05 bits per heavy atom. The zero-order valence-corrected chi connectivity index (χ0v) is 11.6. The Hall–Kier alpha value is -2.57. The van der Waals surface area contributed by atoms with Crippen molar-refractivity contribution in [3.63, 3.8) is 0 Å². The number of nitrogens with one attached hydrogen (secondary N) is 1. The van der Waals surface area contributed by atoms with Crippen LogP contribution in [-0.4, -0.2) is 36.0 Å². The molecule has 3 rings (SSSR count). The van der Waals surface area contributed by atoms with E-state index in [1.807, 2.05) is 0 Å². The summed E-state index contributed by atoms with van der Waals surface area (Å²) in [6.45, 7) is 2.83. The van der Waals surface area contributed by atoms with Crippen LogP contribution in [-0.2, 0) is 15.1 Å². The highest BCUT2D eigenvalue weighted by Crippen LogP contribution is 2.37. The molecule has 7 nitrogen and oxygen atoms in total. The molecule has 0 radical (unpaired) electrons. The van der Waals surface area contributed by atoms with Gasteiger partial charge in [0.2, 0.25) is 6.79 Å². The molecule has 0 aromatic heterocycles. The number of hydrogen-bond donors (Lipinski definition) is 1. The summed E-state index contributed by atoms with van der Waals surface area (Å²) in [5, 5.41) is 2.63. The number of imide groups is 1. The standard InChI is InChI=1S/C14H14N2O5/c1-8(17)6-16-12(18)14(2,15-13(16)19)9-3-4-10-11(5-9)21-7-20-10/h3-5H,6-7H2,1-2H3,(H,15,19)/t14-/m1/s1. The average molecular weight is 290 g/mol. The van der Waals surface area contributed by atoms with E-state index < -0.39 is 17.5 Å². The van der Waals surface area contributed by atoms with Gasteiger partial charge in [0.25, 0.3) is 5.91 Å². The number of Topliss-reactive ketones (excluding diaryl/α,β-unsaturated/α-hetero) is 1. The molecular weight excluding hydrogens is 276 g/mol. The number of nitrogens with zero attached hydrogens (tertiary/aromatic N) is 1. The number of urea groups is 1. The second kappa shape index (κ2) is 4.47. The first kappa shape index (κ1) is 13.4. The largest absolute Gasteiger partial charge is 0.454 e. The fourth-order valence-corrected chi connectivity index (χ4v) is 2.47. The smallest absolute Gasteiger partial charge is 0.325 e. The summed E-state index contributed by atoms with van der Waals surface area (Å²) in [4.78, 5) is 36.5. The molecule has 1 N–H and O–H groups in total. The van der Waals surface area contributed by atoms with E-state index in [2.05, 4.69) is 5.32 Å². The third kappa shape index (κ3) is 2.01. The number of hydrogen-bond acceptors (Lipinski definition) is 5. The summed E-state index contributed by atoms with van der Waals surface area (Å²) in [5.74, 6) is 0.413. The molecule has 1 saturated heterocycles. The van der Waals surface area contributed by atoms with Crippen LogP contribution < -0.4 is 14.8 Å². The van der Waals surface area contributed by atoms with E-state index in [4.69, 9.17) is 9.47 Å². The van der Waals surface area contributed by atoms with Crippen LogP contribution in [0, 0.1) is 0 Å². The van der Waals surface area contributed by atoms with Crippen molar-refractivity contribution in [2.75, 3.05) is 13.3 Å². The van der Waals surface area contributed by atoms with Crippen molar-refractivity contribution in [2.24, 2.45) is 0 Å². The number of ketones is 1. The highest BCUT2D eigenvalue weighted by atomic mass is 16.7. The van der Waals surface area contributed by atoms with Gasteiger partial charge in [0.1, 0.15) is 11.3 Å². The number of carbonyl (C=O) groups excluding carboxylic acids is 3. The van der Waals surface area contributed by atoms with E-state index in [0.717, 1.165) is 4.90 Å². The minimum atomic E-state index is -1.21. The SMILES string of the molecule is CC(=O)CN1C(=O)N[C@](C)(c2ccc3c(c2)OCO3)C1=O. The van der Waals surface area contributed by atoms with E-state index in [1.165, 1.54) is 6.92 Å². The number of benzene rings is 1. The second-order valence-electron chi connectivity index (χ2n) is 5.22. The van der Waals surface area contributed by atoms with Gasteiger partial charge >= 0.3 is 6.03 Å². The second-order valence-corrected chi connectivity index (χ2v) is 5.22. The predicted molar refractivity (Wildman–Crippen MR) is 70.8 cm³/mol. The molecule has 0 spiro atoms. The van der Waals surface area contributed by atoms with Gasteiger partial charge in [-0.05, 0) is 31.5 Å². The maximum Gasteiger partial charge on any atom is 0.325 e. The van der Waals surface area contributed by atoms with E-state index in [1.54, 1.807) is 25.1 Å². The number of carbonyl (C=O) groups is 3. The van der Waals surface area contributed by atoms with Crippen molar-refractivity contribution in [3.8, 4) is 11.5 Å². The summed E-state index contributed by atoms with van der Waals surface area (Å²) in [6, 6.07) is 4.48. The zero-order chi connectivity index (χ0) is 15.2. The molecule has 0 aliphatic carbocycles. The lowest BCUT2D eigenvalue weighted by atomic mass is 9.91. The van der Waals surface area contributed by atoms with Crippen LogP contribution in [0.2, 0.25) is 0 Å². The van der Waals surface area contributed by atoms with Crippen molar-refractivity contribution in [3.05, 3.63) is 23.8 Å². The van der Waals surface area contributed by atoms with Crippen LogP contribution in [0.1, 0.15) is 19.4 Å². The normalized spacial score (nSPS) is 23.4. The lowest BCUT2D eigenvalue weighted by Gasteiger charge is -2.22. The molecule has 7 heteroatoms. The molecule has 0 saturated carbocycles. The summed E-state index contributed by atoms with van der Waals surface area (Å²) >= 11 is 0. The molecule has 1 aromatic carbocycles. The van der Waals surface area contributed by atoms with Gasteiger partial charge in [-0.2, -0.15) is 0 Å². The number of rotatable bonds is 3. The van der Waals surface area contributed by atoms with Crippen LogP contribution in [0.15, 0.2) is 18.2 Å². The summed E-state index contributed by atoms with van der Waals surface area (Å²) in [5.41, 5.74) is -0.635. The van der Waals surface area contributed by atoms with Gasteiger partial charge in [-0.25, -0.2) is 4.79 Å². The lowest BCUT2D eigenvalue weighted by molar-refractivity contribution is -0.133. The van der Waals surface area contributed by atoms with Gasteiger partial charge in [-0.1, -0.05) is 6.07 Å². The van der Waals surface area contributed by atoms with E-state index >= 15 is 0 Å². The van der Waals surface area contributed by atoms with Gasteiger partial charge in [-0.15, -0.1) is 0 Å². The quantitative estimate of drug-likeness (QED) is 0.831. The van der Waals surface area contributed by atoms with Crippen LogP contribution in [0.4, 0.5) is 4.79 Å².